The second kappa shape index (κ2) is 2.98. The van der Waals surface area contributed by atoms with Crippen molar-refractivity contribution >= 4 is 0 Å². The SMILES string of the molecule is Cn1ccc(-n2nncc2CO)n1. The van der Waals surface area contributed by atoms with Crippen molar-refractivity contribution in [1.82, 2.24) is 24.8 Å². The Bertz CT molecular complexity index is 404. The molecule has 0 unspecified atom stereocenters. The standard InChI is InChI=1S/C7H9N5O/c1-11-3-2-7(9-11)12-6(5-13)4-8-10-12/h2-4,13H,5H2,1H3. The minimum Gasteiger partial charge on any atom is -0.390 e. The fourth-order valence-corrected chi connectivity index (χ4v) is 1.07. The molecule has 2 aromatic heterocycles. The summed E-state index contributed by atoms with van der Waals surface area (Å²) in [6.45, 7) is -0.0937. The molecular weight excluding hydrogens is 170 g/mol. The van der Waals surface area contributed by atoms with Crippen molar-refractivity contribution < 1.29 is 5.11 Å². The molecule has 0 amide bonds. The number of aliphatic hydroxyl groups excluding tert-OH is 1. The van der Waals surface area contributed by atoms with E-state index < -0.39 is 0 Å². The monoisotopic (exact) mass is 179 g/mol. The molecule has 2 rings (SSSR count). The van der Waals surface area contributed by atoms with Crippen molar-refractivity contribution in [1.29, 1.82) is 0 Å². The lowest BCUT2D eigenvalue weighted by molar-refractivity contribution is 0.273. The van der Waals surface area contributed by atoms with Crippen LogP contribution in [0.3, 0.4) is 0 Å². The highest BCUT2D eigenvalue weighted by molar-refractivity contribution is 5.20. The highest BCUT2D eigenvalue weighted by atomic mass is 16.3. The zero-order valence-corrected chi connectivity index (χ0v) is 7.12. The van der Waals surface area contributed by atoms with Gasteiger partial charge in [-0.2, -0.15) is 9.78 Å². The van der Waals surface area contributed by atoms with Crippen LogP contribution in [-0.4, -0.2) is 29.9 Å². The van der Waals surface area contributed by atoms with Crippen molar-refractivity contribution in [2.24, 2.45) is 7.05 Å². The number of aryl methyl sites for hydroxylation is 1. The Morgan fingerprint density at radius 1 is 1.54 bits per heavy atom. The van der Waals surface area contributed by atoms with E-state index in [2.05, 4.69) is 15.4 Å². The molecule has 0 aromatic carbocycles. The second-order valence-electron chi connectivity index (χ2n) is 2.64. The first-order valence-corrected chi connectivity index (χ1v) is 3.81. The van der Waals surface area contributed by atoms with E-state index in [9.17, 15) is 0 Å². The molecule has 0 fully saturated rings. The van der Waals surface area contributed by atoms with E-state index in [0.29, 0.717) is 11.5 Å². The van der Waals surface area contributed by atoms with Crippen LogP contribution in [0.4, 0.5) is 0 Å². The predicted octanol–water partition coefficient (Wildman–Crippen LogP) is -0.507. The second-order valence-corrected chi connectivity index (χ2v) is 2.64. The molecule has 0 saturated carbocycles. The van der Waals surface area contributed by atoms with Gasteiger partial charge in [0.1, 0.15) is 0 Å². The maximum absolute atomic E-state index is 8.94. The summed E-state index contributed by atoms with van der Waals surface area (Å²) in [5.74, 6) is 0.657. The number of hydrogen-bond donors (Lipinski definition) is 1. The zero-order valence-electron chi connectivity index (χ0n) is 7.12. The molecule has 2 aromatic rings. The van der Waals surface area contributed by atoms with Gasteiger partial charge in [0.2, 0.25) is 0 Å². The lowest BCUT2D eigenvalue weighted by Gasteiger charge is -1.97. The summed E-state index contributed by atoms with van der Waals surface area (Å²) in [5.41, 5.74) is 0.624. The van der Waals surface area contributed by atoms with Crippen LogP contribution in [0.5, 0.6) is 0 Å². The topological polar surface area (TPSA) is 68.8 Å². The summed E-state index contributed by atoms with van der Waals surface area (Å²) < 4.78 is 3.16. The molecule has 0 aliphatic carbocycles. The van der Waals surface area contributed by atoms with Crippen LogP contribution < -0.4 is 0 Å². The molecule has 0 radical (unpaired) electrons. The normalized spacial score (nSPS) is 10.6. The van der Waals surface area contributed by atoms with E-state index in [1.807, 2.05) is 7.05 Å². The van der Waals surface area contributed by atoms with E-state index in [4.69, 9.17) is 5.11 Å². The summed E-state index contributed by atoms with van der Waals surface area (Å²) in [4.78, 5) is 0. The lowest BCUT2D eigenvalue weighted by atomic mass is 10.5. The van der Waals surface area contributed by atoms with Crippen LogP contribution in [0.15, 0.2) is 18.5 Å². The molecule has 0 bridgehead atoms. The highest BCUT2D eigenvalue weighted by Gasteiger charge is 2.06. The van der Waals surface area contributed by atoms with Gasteiger partial charge in [-0.1, -0.05) is 5.21 Å². The summed E-state index contributed by atoms with van der Waals surface area (Å²) in [5, 5.41) is 20.6. The first kappa shape index (κ1) is 7.93. The first-order chi connectivity index (χ1) is 6.31. The van der Waals surface area contributed by atoms with E-state index >= 15 is 0 Å². The summed E-state index contributed by atoms with van der Waals surface area (Å²) in [6.07, 6.45) is 3.31. The predicted molar refractivity (Wildman–Crippen MR) is 44.0 cm³/mol. The first-order valence-electron chi connectivity index (χ1n) is 3.81. The van der Waals surface area contributed by atoms with Gasteiger partial charge in [-0.3, -0.25) is 4.68 Å². The van der Waals surface area contributed by atoms with Crippen LogP contribution in [0.1, 0.15) is 5.69 Å². The third-order valence-corrected chi connectivity index (χ3v) is 1.70. The van der Waals surface area contributed by atoms with Gasteiger partial charge in [0.05, 0.1) is 18.5 Å². The van der Waals surface area contributed by atoms with Gasteiger partial charge >= 0.3 is 0 Å². The van der Waals surface area contributed by atoms with E-state index in [0.717, 1.165) is 0 Å². The van der Waals surface area contributed by atoms with E-state index in [1.54, 1.807) is 16.9 Å². The van der Waals surface area contributed by atoms with Crippen molar-refractivity contribution in [2.75, 3.05) is 0 Å². The van der Waals surface area contributed by atoms with Gasteiger partial charge in [-0.25, -0.2) is 0 Å². The van der Waals surface area contributed by atoms with Gasteiger partial charge < -0.3 is 5.11 Å². The molecule has 6 nitrogen and oxygen atoms in total. The van der Waals surface area contributed by atoms with Crippen molar-refractivity contribution in [3.05, 3.63) is 24.2 Å². The number of aromatic nitrogens is 5. The number of aliphatic hydroxyl groups is 1. The fraction of sp³-hybridized carbons (Fsp3) is 0.286. The Kier molecular flexibility index (Phi) is 1.82. The van der Waals surface area contributed by atoms with Gasteiger partial charge in [-0.15, -0.1) is 5.10 Å². The van der Waals surface area contributed by atoms with Crippen LogP contribution in [-0.2, 0) is 13.7 Å². The smallest absolute Gasteiger partial charge is 0.177 e. The summed E-state index contributed by atoms with van der Waals surface area (Å²) in [7, 11) is 1.82. The van der Waals surface area contributed by atoms with E-state index in [-0.39, 0.29) is 6.61 Å². The van der Waals surface area contributed by atoms with Gasteiger partial charge in [0.25, 0.3) is 0 Å². The van der Waals surface area contributed by atoms with Gasteiger partial charge in [-0.05, 0) is 0 Å². The molecule has 0 aliphatic rings. The fourth-order valence-electron chi connectivity index (χ4n) is 1.07. The molecule has 13 heavy (non-hydrogen) atoms. The van der Waals surface area contributed by atoms with Gasteiger partial charge in [0, 0.05) is 19.3 Å². The Morgan fingerprint density at radius 2 is 2.38 bits per heavy atom. The Balaban J connectivity index is 2.45. The number of hydrogen-bond acceptors (Lipinski definition) is 4. The molecule has 1 N–H and O–H groups in total. The number of rotatable bonds is 2. The Labute approximate surface area is 74.4 Å². The average molecular weight is 179 g/mol. The quantitative estimate of drug-likeness (QED) is 0.674. The maximum atomic E-state index is 8.94. The third kappa shape index (κ3) is 1.31. The molecule has 68 valence electrons. The van der Waals surface area contributed by atoms with Crippen molar-refractivity contribution in [2.45, 2.75) is 6.61 Å². The Morgan fingerprint density at radius 3 is 3.00 bits per heavy atom. The maximum Gasteiger partial charge on any atom is 0.177 e. The number of nitrogens with zero attached hydrogens (tertiary/aromatic N) is 5. The molecule has 2 heterocycles. The minimum absolute atomic E-state index is 0.0937. The summed E-state index contributed by atoms with van der Waals surface area (Å²) >= 11 is 0. The van der Waals surface area contributed by atoms with Crippen LogP contribution in [0.2, 0.25) is 0 Å². The van der Waals surface area contributed by atoms with Crippen LogP contribution >= 0.6 is 0 Å². The molecule has 0 saturated heterocycles. The van der Waals surface area contributed by atoms with Crippen molar-refractivity contribution in [3.63, 3.8) is 0 Å². The molecule has 0 aliphatic heterocycles. The molecule has 6 heteroatoms. The lowest BCUT2D eigenvalue weighted by Crippen LogP contribution is -2.03. The zero-order chi connectivity index (χ0) is 9.26. The molecule has 0 spiro atoms. The minimum atomic E-state index is -0.0937. The highest BCUT2D eigenvalue weighted by Crippen LogP contribution is 2.05. The summed E-state index contributed by atoms with van der Waals surface area (Å²) in [6, 6.07) is 1.80. The average Bonchev–Trinajstić information content (AvgIpc) is 2.71. The third-order valence-electron chi connectivity index (χ3n) is 1.70. The largest absolute Gasteiger partial charge is 0.390 e. The van der Waals surface area contributed by atoms with E-state index in [1.165, 1.54) is 10.9 Å². The van der Waals surface area contributed by atoms with Crippen LogP contribution in [0.25, 0.3) is 5.82 Å². The molecule has 0 atom stereocenters. The molecular formula is C7H9N5O. The van der Waals surface area contributed by atoms with Gasteiger partial charge in [0.15, 0.2) is 5.82 Å². The van der Waals surface area contributed by atoms with Crippen LogP contribution in [0, 0.1) is 0 Å². The van der Waals surface area contributed by atoms with Crippen molar-refractivity contribution in [3.8, 4) is 5.82 Å². The Hall–Kier alpha value is -1.69.